The van der Waals surface area contributed by atoms with Crippen molar-refractivity contribution < 1.29 is 8.78 Å². The summed E-state index contributed by atoms with van der Waals surface area (Å²) in [6.07, 6.45) is 0.284. The Morgan fingerprint density at radius 1 is 1.05 bits per heavy atom. The fourth-order valence-electron chi connectivity index (χ4n) is 4.51. The molecule has 5 rings (SSSR count). The Hall–Kier alpha value is -2.77. The fraction of sp³-hybridized carbons (Fsp3) is 0.280. The number of fused-ring (bicyclic) bond motifs is 1. The molecule has 4 aromatic rings. The summed E-state index contributed by atoms with van der Waals surface area (Å²) in [5, 5.41) is 14.3. The molecule has 9 nitrogen and oxygen atoms in total. The van der Waals surface area contributed by atoms with Crippen LogP contribution in [0, 0.1) is 20.8 Å². The van der Waals surface area contributed by atoms with Crippen LogP contribution in [0.15, 0.2) is 41.4 Å². The van der Waals surface area contributed by atoms with Crippen molar-refractivity contribution in [3.63, 3.8) is 0 Å². The zero-order valence-corrected chi connectivity index (χ0v) is 25.8. The van der Waals surface area contributed by atoms with Gasteiger partial charge in [0.05, 0.1) is 17.1 Å². The number of halogens is 3. The van der Waals surface area contributed by atoms with E-state index in [1.165, 1.54) is 0 Å². The van der Waals surface area contributed by atoms with Gasteiger partial charge in [0.1, 0.15) is 23.1 Å². The molecule has 3 N–H and O–H groups in total. The minimum atomic E-state index is -2.60. The lowest BCUT2D eigenvalue weighted by molar-refractivity contribution is 0.130. The summed E-state index contributed by atoms with van der Waals surface area (Å²) in [5.74, 6) is 2.14. The van der Waals surface area contributed by atoms with Crippen molar-refractivity contribution in [2.75, 3.05) is 26.9 Å². The van der Waals surface area contributed by atoms with Gasteiger partial charge in [-0.25, -0.2) is 23.7 Å². The third-order valence-corrected chi connectivity index (χ3v) is 9.12. The molecule has 2 unspecified atom stereocenters. The predicted octanol–water partition coefficient (Wildman–Crippen LogP) is 7.17. The van der Waals surface area contributed by atoms with Crippen LogP contribution < -0.4 is 20.6 Å². The van der Waals surface area contributed by atoms with E-state index in [1.807, 2.05) is 64.5 Å². The largest absolute Gasteiger partial charge is 0.356 e. The maximum absolute atomic E-state index is 14.0. The summed E-state index contributed by atoms with van der Waals surface area (Å²) in [4.78, 5) is 14.5. The molecule has 0 amide bonds. The van der Waals surface area contributed by atoms with E-state index in [1.54, 1.807) is 21.1 Å². The standard InChI is InChI=1S/C25H27F2IN9PS/c1-12-11-36(4)35-21(12)15-6-7-16(18(9-15)39-5)31-17-10-20(32-19-8-13(2)29-14(3)30-19)33-24-22(17)34-25(23(26)27)37(24)38-28/h6-11,23,25,34,38H,1-5H3,(H2,29,30,31,32,33). The Balaban J connectivity index is 1.56. The lowest BCUT2D eigenvalue weighted by atomic mass is 10.1. The highest BCUT2D eigenvalue weighted by atomic mass is 127. The van der Waals surface area contributed by atoms with Crippen LogP contribution in [0.3, 0.4) is 0 Å². The van der Waals surface area contributed by atoms with Gasteiger partial charge in [-0.1, -0.05) is 6.07 Å². The highest BCUT2D eigenvalue weighted by Crippen LogP contribution is 2.49. The number of pyridine rings is 1. The molecule has 0 radical (unpaired) electrons. The van der Waals surface area contributed by atoms with Gasteiger partial charge in [-0.05, 0) is 66.8 Å². The highest BCUT2D eigenvalue weighted by molar-refractivity contribution is 14.2. The number of rotatable bonds is 8. The van der Waals surface area contributed by atoms with Crippen LogP contribution in [0.2, 0.25) is 0 Å². The number of hydrogen-bond donors (Lipinski definition) is 3. The molecule has 0 bridgehead atoms. The van der Waals surface area contributed by atoms with Crippen LogP contribution in [0.25, 0.3) is 11.3 Å². The molecular weight excluding hydrogens is 654 g/mol. The van der Waals surface area contributed by atoms with Crippen molar-refractivity contribution >= 4 is 74.7 Å². The van der Waals surface area contributed by atoms with Crippen molar-refractivity contribution in [3.05, 3.63) is 53.6 Å². The smallest absolute Gasteiger partial charge is 0.277 e. The highest BCUT2D eigenvalue weighted by Gasteiger charge is 2.38. The molecule has 1 aliphatic rings. The third-order valence-electron chi connectivity index (χ3n) is 6.11. The first-order chi connectivity index (χ1) is 18.7. The van der Waals surface area contributed by atoms with Gasteiger partial charge < -0.3 is 20.6 Å². The van der Waals surface area contributed by atoms with Crippen molar-refractivity contribution in [2.24, 2.45) is 7.05 Å². The fourth-order valence-corrected chi connectivity index (χ4v) is 7.21. The van der Waals surface area contributed by atoms with Gasteiger partial charge in [-0.3, -0.25) is 4.68 Å². The predicted molar refractivity (Wildman–Crippen MR) is 166 cm³/mol. The summed E-state index contributed by atoms with van der Waals surface area (Å²) in [7, 11) is 1.90. The SMILES string of the molecule is CSc1cc(-c2nn(C)cc2C)ccc1Nc1cc(Nc2cc(C)nc(C)n2)nc2c1NC(C(F)F)N2PI. The van der Waals surface area contributed by atoms with E-state index in [2.05, 4.69) is 59.1 Å². The summed E-state index contributed by atoms with van der Waals surface area (Å²) < 4.78 is 31.4. The topological polar surface area (TPSA) is 95.8 Å². The van der Waals surface area contributed by atoms with Crippen LogP contribution in [-0.2, 0) is 7.05 Å². The number of alkyl halides is 2. The first kappa shape index (κ1) is 27.8. The quantitative estimate of drug-likeness (QED) is 0.102. The minimum absolute atomic E-state index is 0.0608. The minimum Gasteiger partial charge on any atom is -0.356 e. The molecule has 204 valence electrons. The molecule has 0 aliphatic carbocycles. The van der Waals surface area contributed by atoms with E-state index >= 15 is 0 Å². The van der Waals surface area contributed by atoms with E-state index in [-0.39, 0.29) is 6.37 Å². The summed E-state index contributed by atoms with van der Waals surface area (Å²) in [6, 6.07) is 9.71. The lowest BCUT2D eigenvalue weighted by Crippen LogP contribution is -2.35. The Morgan fingerprint density at radius 3 is 2.46 bits per heavy atom. The molecule has 39 heavy (non-hydrogen) atoms. The normalized spacial score (nSPS) is 14.8. The van der Waals surface area contributed by atoms with E-state index in [0.717, 1.165) is 33.1 Å². The van der Waals surface area contributed by atoms with Crippen LogP contribution in [-0.4, -0.2) is 43.6 Å². The Bertz CT molecular complexity index is 1510. The van der Waals surface area contributed by atoms with Crippen LogP contribution in [0.5, 0.6) is 0 Å². The van der Waals surface area contributed by atoms with Crippen molar-refractivity contribution in [3.8, 4) is 11.3 Å². The van der Waals surface area contributed by atoms with Crippen molar-refractivity contribution in [1.29, 1.82) is 0 Å². The van der Waals surface area contributed by atoms with E-state index in [4.69, 9.17) is 4.98 Å². The van der Waals surface area contributed by atoms with Crippen LogP contribution in [0.1, 0.15) is 17.1 Å². The zero-order valence-electron chi connectivity index (χ0n) is 21.8. The van der Waals surface area contributed by atoms with Crippen LogP contribution in [0.4, 0.5) is 43.3 Å². The number of nitrogens with zero attached hydrogens (tertiary/aromatic N) is 6. The van der Waals surface area contributed by atoms with Gasteiger partial charge in [0.2, 0.25) is 0 Å². The molecule has 0 spiro atoms. The van der Waals surface area contributed by atoms with Crippen molar-refractivity contribution in [1.82, 2.24) is 24.7 Å². The molecule has 14 heteroatoms. The molecule has 1 aliphatic heterocycles. The first-order valence-corrected chi connectivity index (χ1v) is 17.3. The average molecular weight is 681 g/mol. The van der Waals surface area contributed by atoms with E-state index in [0.29, 0.717) is 34.7 Å². The van der Waals surface area contributed by atoms with Gasteiger partial charge in [0.25, 0.3) is 6.43 Å². The van der Waals surface area contributed by atoms with Gasteiger partial charge in [0.15, 0.2) is 12.0 Å². The van der Waals surface area contributed by atoms with Gasteiger partial charge in [-0.15, -0.1) is 11.8 Å². The second-order valence-electron chi connectivity index (χ2n) is 9.07. The Kier molecular flexibility index (Phi) is 8.11. The number of thioether (sulfide) groups is 1. The van der Waals surface area contributed by atoms with Crippen molar-refractivity contribution in [2.45, 2.75) is 38.3 Å². The van der Waals surface area contributed by atoms with E-state index in [9.17, 15) is 8.78 Å². The average Bonchev–Trinajstić information content (AvgIpc) is 3.42. The molecule has 0 saturated carbocycles. The number of aryl methyl sites for hydroxylation is 4. The number of benzene rings is 1. The molecule has 3 aromatic heterocycles. The summed E-state index contributed by atoms with van der Waals surface area (Å²) in [6.45, 7) is 5.74. The molecule has 4 heterocycles. The number of nitrogens with one attached hydrogen (secondary N) is 3. The molecule has 0 fully saturated rings. The monoisotopic (exact) mass is 681 g/mol. The molecule has 1 aromatic carbocycles. The van der Waals surface area contributed by atoms with Crippen LogP contribution >= 0.6 is 40.2 Å². The summed E-state index contributed by atoms with van der Waals surface area (Å²) in [5.41, 5.74) is 5.83. The molecular formula is C25H27F2IN9PS. The summed E-state index contributed by atoms with van der Waals surface area (Å²) >= 11 is 3.70. The Morgan fingerprint density at radius 2 is 1.82 bits per heavy atom. The number of aromatic nitrogens is 5. The lowest BCUT2D eigenvalue weighted by Gasteiger charge is -2.22. The third kappa shape index (κ3) is 5.75. The second-order valence-corrected chi connectivity index (χ2v) is 12.0. The first-order valence-electron chi connectivity index (χ1n) is 12.0. The van der Waals surface area contributed by atoms with Gasteiger partial charge in [0, 0.05) is 47.9 Å². The molecule has 2 atom stereocenters. The number of hydrogen-bond acceptors (Lipinski definition) is 9. The maximum atomic E-state index is 14.0. The second kappa shape index (κ2) is 11.4. The number of anilines is 6. The zero-order chi connectivity index (χ0) is 27.8. The maximum Gasteiger partial charge on any atom is 0.277 e. The van der Waals surface area contributed by atoms with E-state index < -0.39 is 12.6 Å². The Labute approximate surface area is 244 Å². The van der Waals surface area contributed by atoms with Gasteiger partial charge >= 0.3 is 0 Å². The van der Waals surface area contributed by atoms with Gasteiger partial charge in [-0.2, -0.15) is 5.10 Å². The molecule has 0 saturated heterocycles.